The molecule has 3 heteroatoms. The lowest BCUT2D eigenvalue weighted by Crippen LogP contribution is -2.26. The SMILES string of the molecule is CC(=O)Nc1ccc(N(C)C2c3ccccc3CC2C)cc1. The molecule has 1 N–H and O–H groups in total. The molecule has 2 aromatic rings. The highest BCUT2D eigenvalue weighted by Crippen LogP contribution is 2.41. The van der Waals surface area contributed by atoms with Crippen LogP contribution in [0.25, 0.3) is 0 Å². The zero-order valence-electron chi connectivity index (χ0n) is 13.3. The molecule has 3 nitrogen and oxygen atoms in total. The fourth-order valence-corrected chi connectivity index (χ4v) is 3.51. The van der Waals surface area contributed by atoms with E-state index in [-0.39, 0.29) is 5.91 Å². The molecule has 3 rings (SSSR count). The van der Waals surface area contributed by atoms with Gasteiger partial charge in [-0.25, -0.2) is 0 Å². The Labute approximate surface area is 132 Å². The zero-order valence-corrected chi connectivity index (χ0v) is 13.3. The average Bonchev–Trinajstić information content (AvgIpc) is 2.82. The number of anilines is 2. The molecule has 1 aliphatic carbocycles. The van der Waals surface area contributed by atoms with Crippen LogP contribution in [0.4, 0.5) is 11.4 Å². The van der Waals surface area contributed by atoms with Crippen LogP contribution in [0.15, 0.2) is 48.5 Å². The van der Waals surface area contributed by atoms with E-state index in [9.17, 15) is 4.79 Å². The second-order valence-electron chi connectivity index (χ2n) is 6.16. The van der Waals surface area contributed by atoms with Gasteiger partial charge < -0.3 is 10.2 Å². The summed E-state index contributed by atoms with van der Waals surface area (Å²) in [4.78, 5) is 13.4. The number of nitrogens with one attached hydrogen (secondary N) is 1. The van der Waals surface area contributed by atoms with Crippen LogP contribution in [0.5, 0.6) is 0 Å². The summed E-state index contributed by atoms with van der Waals surface area (Å²) >= 11 is 0. The van der Waals surface area contributed by atoms with Crippen molar-refractivity contribution in [1.29, 1.82) is 0 Å². The summed E-state index contributed by atoms with van der Waals surface area (Å²) in [5.74, 6) is 0.553. The maximum atomic E-state index is 11.1. The van der Waals surface area contributed by atoms with Gasteiger partial charge in [-0.2, -0.15) is 0 Å². The first kappa shape index (κ1) is 14.6. The van der Waals surface area contributed by atoms with E-state index in [1.165, 1.54) is 23.7 Å². The zero-order chi connectivity index (χ0) is 15.7. The fraction of sp³-hybridized carbons (Fsp3) is 0.316. The van der Waals surface area contributed by atoms with E-state index in [0.717, 1.165) is 12.1 Å². The summed E-state index contributed by atoms with van der Waals surface area (Å²) in [7, 11) is 2.15. The normalized spacial score (nSPS) is 19.6. The van der Waals surface area contributed by atoms with Crippen LogP contribution >= 0.6 is 0 Å². The van der Waals surface area contributed by atoms with Gasteiger partial charge >= 0.3 is 0 Å². The quantitative estimate of drug-likeness (QED) is 0.927. The van der Waals surface area contributed by atoms with Gasteiger partial charge in [0.25, 0.3) is 0 Å². The van der Waals surface area contributed by atoms with Crippen LogP contribution in [0.1, 0.15) is 31.0 Å². The molecule has 1 aliphatic rings. The minimum absolute atomic E-state index is 0.0422. The van der Waals surface area contributed by atoms with Gasteiger partial charge in [0.2, 0.25) is 5.91 Å². The summed E-state index contributed by atoms with van der Waals surface area (Å²) in [5, 5.41) is 2.81. The topological polar surface area (TPSA) is 32.3 Å². The Morgan fingerprint density at radius 2 is 1.82 bits per heavy atom. The number of fused-ring (bicyclic) bond motifs is 1. The third-order valence-corrected chi connectivity index (χ3v) is 4.47. The van der Waals surface area contributed by atoms with E-state index < -0.39 is 0 Å². The molecule has 0 radical (unpaired) electrons. The number of amides is 1. The first-order valence-electron chi connectivity index (χ1n) is 7.74. The molecule has 1 amide bonds. The Kier molecular flexibility index (Phi) is 3.88. The van der Waals surface area contributed by atoms with Crippen LogP contribution in [0, 0.1) is 5.92 Å². The van der Waals surface area contributed by atoms with Crippen molar-refractivity contribution in [2.75, 3.05) is 17.3 Å². The second kappa shape index (κ2) is 5.84. The highest BCUT2D eigenvalue weighted by molar-refractivity contribution is 5.88. The predicted octanol–water partition coefficient (Wildman–Crippen LogP) is 4.01. The summed E-state index contributed by atoms with van der Waals surface area (Å²) in [6.07, 6.45) is 1.13. The molecular weight excluding hydrogens is 272 g/mol. The van der Waals surface area contributed by atoms with Gasteiger partial charge in [0, 0.05) is 25.3 Å². The lowest BCUT2D eigenvalue weighted by molar-refractivity contribution is -0.114. The average molecular weight is 294 g/mol. The van der Waals surface area contributed by atoms with E-state index >= 15 is 0 Å². The maximum Gasteiger partial charge on any atom is 0.221 e. The van der Waals surface area contributed by atoms with E-state index in [0.29, 0.717) is 12.0 Å². The van der Waals surface area contributed by atoms with Gasteiger partial charge in [-0.1, -0.05) is 31.2 Å². The summed E-state index contributed by atoms with van der Waals surface area (Å²) in [6, 6.07) is 17.2. The van der Waals surface area contributed by atoms with Crippen molar-refractivity contribution in [2.45, 2.75) is 26.3 Å². The molecule has 2 atom stereocenters. The van der Waals surface area contributed by atoms with Gasteiger partial charge in [-0.3, -0.25) is 4.79 Å². The van der Waals surface area contributed by atoms with Gasteiger partial charge in [-0.15, -0.1) is 0 Å². The Balaban J connectivity index is 1.85. The molecular formula is C19H22N2O. The standard InChI is InChI=1S/C19H22N2O/c1-13-12-15-6-4-5-7-18(15)19(13)21(3)17-10-8-16(9-11-17)20-14(2)22/h4-11,13,19H,12H2,1-3H3,(H,20,22). The highest BCUT2D eigenvalue weighted by Gasteiger charge is 2.32. The first-order valence-corrected chi connectivity index (χ1v) is 7.74. The van der Waals surface area contributed by atoms with Crippen LogP contribution in [-0.4, -0.2) is 13.0 Å². The van der Waals surface area contributed by atoms with Crippen molar-refractivity contribution in [2.24, 2.45) is 5.92 Å². The van der Waals surface area contributed by atoms with Gasteiger partial charge in [0.15, 0.2) is 0 Å². The van der Waals surface area contributed by atoms with Crippen molar-refractivity contribution >= 4 is 17.3 Å². The Hall–Kier alpha value is -2.29. The molecule has 0 aliphatic heterocycles. The molecule has 0 saturated carbocycles. The first-order chi connectivity index (χ1) is 10.6. The molecule has 0 bridgehead atoms. The second-order valence-corrected chi connectivity index (χ2v) is 6.16. The monoisotopic (exact) mass is 294 g/mol. The largest absolute Gasteiger partial charge is 0.367 e. The van der Waals surface area contributed by atoms with Crippen molar-refractivity contribution in [3.05, 3.63) is 59.7 Å². The van der Waals surface area contributed by atoms with Crippen LogP contribution < -0.4 is 10.2 Å². The number of nitrogens with zero attached hydrogens (tertiary/aromatic N) is 1. The molecule has 22 heavy (non-hydrogen) atoms. The molecule has 0 fully saturated rings. The number of carbonyl (C=O) groups is 1. The Morgan fingerprint density at radius 3 is 2.50 bits per heavy atom. The van der Waals surface area contributed by atoms with Gasteiger partial charge in [0.1, 0.15) is 0 Å². The molecule has 0 spiro atoms. The van der Waals surface area contributed by atoms with Crippen molar-refractivity contribution in [3.63, 3.8) is 0 Å². The summed E-state index contributed by atoms with van der Waals surface area (Å²) in [6.45, 7) is 3.84. The minimum atomic E-state index is -0.0422. The Morgan fingerprint density at radius 1 is 1.14 bits per heavy atom. The number of rotatable bonds is 3. The van der Waals surface area contributed by atoms with Crippen LogP contribution in [-0.2, 0) is 11.2 Å². The highest BCUT2D eigenvalue weighted by atomic mass is 16.1. The summed E-state index contributed by atoms with van der Waals surface area (Å²) in [5.41, 5.74) is 4.90. The number of hydrogen-bond acceptors (Lipinski definition) is 2. The third-order valence-electron chi connectivity index (χ3n) is 4.47. The smallest absolute Gasteiger partial charge is 0.221 e. The van der Waals surface area contributed by atoms with Crippen molar-refractivity contribution in [3.8, 4) is 0 Å². The minimum Gasteiger partial charge on any atom is -0.367 e. The number of benzene rings is 2. The number of hydrogen-bond donors (Lipinski definition) is 1. The Bertz CT molecular complexity index is 678. The van der Waals surface area contributed by atoms with Crippen LogP contribution in [0.3, 0.4) is 0 Å². The van der Waals surface area contributed by atoms with E-state index in [1.807, 2.05) is 12.1 Å². The van der Waals surface area contributed by atoms with E-state index in [4.69, 9.17) is 0 Å². The van der Waals surface area contributed by atoms with Crippen molar-refractivity contribution < 1.29 is 4.79 Å². The van der Waals surface area contributed by atoms with E-state index in [1.54, 1.807) is 0 Å². The molecule has 0 aromatic heterocycles. The lowest BCUT2D eigenvalue weighted by Gasteiger charge is -2.31. The van der Waals surface area contributed by atoms with Crippen molar-refractivity contribution in [1.82, 2.24) is 0 Å². The fourth-order valence-electron chi connectivity index (χ4n) is 3.51. The molecule has 2 aromatic carbocycles. The molecule has 2 unspecified atom stereocenters. The van der Waals surface area contributed by atoms with Gasteiger partial charge in [0.05, 0.1) is 6.04 Å². The number of carbonyl (C=O) groups excluding carboxylic acids is 1. The molecule has 0 saturated heterocycles. The third kappa shape index (κ3) is 2.71. The van der Waals surface area contributed by atoms with Crippen LogP contribution in [0.2, 0.25) is 0 Å². The lowest BCUT2D eigenvalue weighted by atomic mass is 10.0. The maximum absolute atomic E-state index is 11.1. The predicted molar refractivity (Wildman–Crippen MR) is 91.2 cm³/mol. The molecule has 0 heterocycles. The van der Waals surface area contributed by atoms with Gasteiger partial charge in [-0.05, 0) is 47.7 Å². The van der Waals surface area contributed by atoms with E-state index in [2.05, 4.69) is 60.6 Å². The molecule has 114 valence electrons. The summed E-state index contributed by atoms with van der Waals surface area (Å²) < 4.78 is 0.